The van der Waals surface area contributed by atoms with Crippen molar-refractivity contribution < 1.29 is 9.13 Å². The van der Waals surface area contributed by atoms with Gasteiger partial charge in [-0.1, -0.05) is 113 Å². The highest BCUT2D eigenvalue weighted by molar-refractivity contribution is 6.11. The first kappa shape index (κ1) is 27.8. The Morgan fingerprint density at radius 3 is 2.07 bits per heavy atom. The van der Waals surface area contributed by atoms with Gasteiger partial charge in [0.05, 0.1) is 23.8 Å². The molecule has 0 fully saturated rings. The van der Waals surface area contributed by atoms with Crippen LogP contribution in [0.5, 0.6) is 5.75 Å². The average molecular weight is 579 g/mol. The zero-order chi connectivity index (χ0) is 30.5. The fourth-order valence-corrected chi connectivity index (χ4v) is 6.56. The van der Waals surface area contributed by atoms with E-state index in [1.807, 2.05) is 36.4 Å². The van der Waals surface area contributed by atoms with E-state index in [1.165, 1.54) is 17.2 Å². The molecule has 0 radical (unpaired) electrons. The van der Waals surface area contributed by atoms with Gasteiger partial charge >= 0.3 is 0 Å². The minimum absolute atomic E-state index is 0.239. The molecule has 1 aromatic heterocycles. The molecule has 3 nitrogen and oxygen atoms in total. The number of halogens is 1. The van der Waals surface area contributed by atoms with Crippen molar-refractivity contribution in [3.8, 4) is 34.0 Å². The van der Waals surface area contributed by atoms with Gasteiger partial charge < -0.3 is 4.74 Å². The lowest BCUT2D eigenvalue weighted by Crippen LogP contribution is -2.09. The first-order chi connectivity index (χ1) is 21.4. The Morgan fingerprint density at radius 2 is 1.36 bits per heavy atom. The van der Waals surface area contributed by atoms with Gasteiger partial charge in [0, 0.05) is 16.7 Å². The van der Waals surface area contributed by atoms with Crippen LogP contribution >= 0.6 is 0 Å². The van der Waals surface area contributed by atoms with Crippen LogP contribution < -0.4 is 4.74 Å². The number of hydrogen-bond acceptors (Lipinski definition) is 2. The quantitative estimate of drug-likeness (QED) is 0.184. The molecule has 0 aliphatic rings. The highest BCUT2D eigenvalue weighted by atomic mass is 19.1. The van der Waals surface area contributed by atoms with Crippen LogP contribution in [0.3, 0.4) is 0 Å². The molecule has 0 N–H and O–H groups in total. The molecular formula is C40H35FN2O. The molecule has 6 aromatic carbocycles. The Balaban J connectivity index is 1.68. The number of methoxy groups -OCH3 is 1. The molecule has 0 aliphatic heterocycles. The second-order valence-corrected chi connectivity index (χ2v) is 12.1. The Kier molecular flexibility index (Phi) is 6.93. The second-order valence-electron chi connectivity index (χ2n) is 12.1. The summed E-state index contributed by atoms with van der Waals surface area (Å²) in [5.41, 5.74) is 7.07. The predicted molar refractivity (Wildman–Crippen MR) is 182 cm³/mol. The Morgan fingerprint density at radius 1 is 0.682 bits per heavy atom. The summed E-state index contributed by atoms with van der Waals surface area (Å²) in [5, 5.41) is 4.35. The maximum atomic E-state index is 16.6. The number of benzene rings is 6. The monoisotopic (exact) mass is 578 g/mol. The molecule has 1 heterocycles. The van der Waals surface area contributed by atoms with Crippen molar-refractivity contribution in [1.29, 1.82) is 0 Å². The summed E-state index contributed by atoms with van der Waals surface area (Å²) in [4.78, 5) is 5.21. The molecule has 0 bridgehead atoms. The minimum Gasteiger partial charge on any atom is -0.496 e. The van der Waals surface area contributed by atoms with E-state index >= 15 is 4.39 Å². The molecule has 0 spiro atoms. The number of rotatable bonds is 6. The first-order valence-electron chi connectivity index (χ1n) is 15.3. The van der Waals surface area contributed by atoms with E-state index in [2.05, 4.69) is 92.9 Å². The number of imidazole rings is 1. The van der Waals surface area contributed by atoms with E-state index < -0.39 is 0 Å². The average Bonchev–Trinajstić information content (AvgIpc) is 3.43. The van der Waals surface area contributed by atoms with Crippen molar-refractivity contribution in [2.24, 2.45) is 0 Å². The zero-order valence-corrected chi connectivity index (χ0v) is 25.7. The van der Waals surface area contributed by atoms with E-state index in [-0.39, 0.29) is 17.7 Å². The lowest BCUT2D eigenvalue weighted by molar-refractivity contribution is 0.417. The molecule has 7 rings (SSSR count). The molecule has 0 atom stereocenters. The lowest BCUT2D eigenvalue weighted by atomic mass is 9.91. The smallest absolute Gasteiger partial charge is 0.145 e. The van der Waals surface area contributed by atoms with Crippen LogP contribution in [0.4, 0.5) is 4.39 Å². The Bertz CT molecular complexity index is 2150. The van der Waals surface area contributed by atoms with Crippen molar-refractivity contribution in [1.82, 2.24) is 9.55 Å². The van der Waals surface area contributed by atoms with Crippen LogP contribution in [0.2, 0.25) is 0 Å². The Hall–Kier alpha value is -4.96. The van der Waals surface area contributed by atoms with E-state index in [1.54, 1.807) is 13.2 Å². The van der Waals surface area contributed by atoms with Crippen LogP contribution in [0.1, 0.15) is 50.7 Å². The van der Waals surface area contributed by atoms with Crippen LogP contribution in [0, 0.1) is 5.82 Å². The van der Waals surface area contributed by atoms with Crippen LogP contribution in [-0.4, -0.2) is 16.7 Å². The van der Waals surface area contributed by atoms with Gasteiger partial charge in [0.2, 0.25) is 0 Å². The first-order valence-corrected chi connectivity index (χ1v) is 15.3. The normalized spacial score (nSPS) is 11.8. The molecule has 0 amide bonds. The van der Waals surface area contributed by atoms with Gasteiger partial charge in [-0.15, -0.1) is 0 Å². The van der Waals surface area contributed by atoms with Gasteiger partial charge in [-0.2, -0.15) is 0 Å². The van der Waals surface area contributed by atoms with Crippen molar-refractivity contribution in [2.75, 3.05) is 7.11 Å². The minimum atomic E-state index is -0.315. The van der Waals surface area contributed by atoms with Crippen LogP contribution in [0.15, 0.2) is 109 Å². The van der Waals surface area contributed by atoms with Crippen LogP contribution in [0.25, 0.3) is 60.8 Å². The highest BCUT2D eigenvalue weighted by Crippen LogP contribution is 2.45. The number of aromatic nitrogens is 2. The molecule has 0 saturated carbocycles. The summed E-state index contributed by atoms with van der Waals surface area (Å²) >= 11 is 0. The van der Waals surface area contributed by atoms with Crippen molar-refractivity contribution in [3.63, 3.8) is 0 Å². The molecular weight excluding hydrogens is 543 g/mol. The van der Waals surface area contributed by atoms with E-state index in [9.17, 15) is 0 Å². The molecule has 4 heteroatoms. The number of ether oxygens (including phenoxy) is 1. The molecule has 7 aromatic rings. The molecule has 0 saturated heterocycles. The zero-order valence-electron chi connectivity index (χ0n) is 25.7. The summed E-state index contributed by atoms with van der Waals surface area (Å²) in [6.07, 6.45) is 0. The molecule has 44 heavy (non-hydrogen) atoms. The van der Waals surface area contributed by atoms with Gasteiger partial charge in [0.15, 0.2) is 0 Å². The standard InChI is InChI=1S/C40H35FN2O/c1-24(2)29-16-11-17-30(25(3)4)38(29)43-39-35(42-40(43)27-13-7-6-8-14-27)21-20-34(41)37(39)33-23-32-28(22-36(33)44-5)19-18-26-12-9-10-15-31(26)32/h6-25H,1-5H3. The van der Waals surface area contributed by atoms with Crippen molar-refractivity contribution in [2.45, 2.75) is 39.5 Å². The lowest BCUT2D eigenvalue weighted by Gasteiger charge is -2.23. The van der Waals surface area contributed by atoms with E-state index in [4.69, 9.17) is 9.72 Å². The molecule has 0 aliphatic carbocycles. The van der Waals surface area contributed by atoms with Crippen molar-refractivity contribution in [3.05, 3.63) is 126 Å². The van der Waals surface area contributed by atoms with Gasteiger partial charge in [-0.3, -0.25) is 4.57 Å². The third-order valence-electron chi connectivity index (χ3n) is 8.70. The number of fused-ring (bicyclic) bond motifs is 4. The van der Waals surface area contributed by atoms with Gasteiger partial charge in [0.1, 0.15) is 17.4 Å². The largest absolute Gasteiger partial charge is 0.496 e. The third kappa shape index (κ3) is 4.44. The maximum Gasteiger partial charge on any atom is 0.145 e. The summed E-state index contributed by atoms with van der Waals surface area (Å²) in [6, 6.07) is 36.7. The summed E-state index contributed by atoms with van der Waals surface area (Å²) in [7, 11) is 1.65. The van der Waals surface area contributed by atoms with Gasteiger partial charge in [-0.25, -0.2) is 9.37 Å². The van der Waals surface area contributed by atoms with E-state index in [0.29, 0.717) is 16.9 Å². The fourth-order valence-electron chi connectivity index (χ4n) is 6.56. The topological polar surface area (TPSA) is 27.1 Å². The number of para-hydroxylation sites is 1. The SMILES string of the molecule is COc1cc2ccc3ccccc3c2cc1-c1c(F)ccc2nc(-c3ccccc3)n(-c3c(C(C)C)cccc3C(C)C)c12. The summed E-state index contributed by atoms with van der Waals surface area (Å²) in [6.45, 7) is 8.85. The maximum absolute atomic E-state index is 16.6. The second kappa shape index (κ2) is 10.9. The van der Waals surface area contributed by atoms with Crippen LogP contribution in [-0.2, 0) is 0 Å². The summed E-state index contributed by atoms with van der Waals surface area (Å²) in [5.74, 6) is 1.57. The fraction of sp³-hybridized carbons (Fsp3) is 0.175. The highest BCUT2D eigenvalue weighted by Gasteiger charge is 2.27. The third-order valence-corrected chi connectivity index (χ3v) is 8.70. The number of nitrogens with zero attached hydrogens (tertiary/aromatic N) is 2. The van der Waals surface area contributed by atoms with Gasteiger partial charge in [-0.05, 0) is 68.8 Å². The van der Waals surface area contributed by atoms with Gasteiger partial charge in [0.25, 0.3) is 0 Å². The number of hydrogen-bond donors (Lipinski definition) is 0. The summed E-state index contributed by atoms with van der Waals surface area (Å²) < 4.78 is 24.8. The van der Waals surface area contributed by atoms with E-state index in [0.717, 1.165) is 49.7 Å². The molecule has 0 unspecified atom stereocenters. The molecule has 218 valence electrons. The Labute approximate surface area is 257 Å². The van der Waals surface area contributed by atoms with Crippen molar-refractivity contribution >= 4 is 32.6 Å². The predicted octanol–water partition coefficient (Wildman–Crippen LogP) is 11.1.